The van der Waals surface area contributed by atoms with E-state index in [1.54, 1.807) is 0 Å². The molecule has 0 unspecified atom stereocenters. The van der Waals surface area contributed by atoms with Crippen molar-refractivity contribution in [1.29, 1.82) is 0 Å². The maximum Gasteiger partial charge on any atom is 0.185 e. The number of hydrogen-bond acceptors (Lipinski definition) is 2. The molecule has 0 aliphatic carbocycles. The summed E-state index contributed by atoms with van der Waals surface area (Å²) < 4.78 is 0. The van der Waals surface area contributed by atoms with Gasteiger partial charge in [-0.2, -0.15) is 0 Å². The monoisotopic (exact) mass is 240 g/mol. The largest absolute Gasteiger partial charge is 0.370 e. The summed E-state index contributed by atoms with van der Waals surface area (Å²) in [7, 11) is 0. The molecule has 1 rings (SSSR count). The molecule has 0 aromatic heterocycles. The second-order valence-electron chi connectivity index (χ2n) is 5.24. The molecule has 1 fully saturated rings. The fraction of sp³-hybridized carbons (Fsp3) is 0.923. The molecule has 17 heavy (non-hydrogen) atoms. The predicted molar refractivity (Wildman–Crippen MR) is 74.0 cm³/mol. The fourth-order valence-corrected chi connectivity index (χ4v) is 2.38. The van der Waals surface area contributed by atoms with E-state index in [9.17, 15) is 0 Å². The smallest absolute Gasteiger partial charge is 0.185 e. The van der Waals surface area contributed by atoms with Crippen molar-refractivity contribution < 1.29 is 0 Å². The van der Waals surface area contributed by atoms with Gasteiger partial charge >= 0.3 is 0 Å². The van der Waals surface area contributed by atoms with Crippen LogP contribution in [0.15, 0.2) is 4.99 Å². The maximum atomic E-state index is 5.27. The Morgan fingerprint density at radius 1 is 1.18 bits per heavy atom. The van der Waals surface area contributed by atoms with Crippen molar-refractivity contribution in [3.63, 3.8) is 0 Å². The van der Waals surface area contributed by atoms with Crippen LogP contribution >= 0.6 is 0 Å². The molecule has 0 saturated carbocycles. The summed E-state index contributed by atoms with van der Waals surface area (Å²) in [5, 5.41) is 0. The van der Waals surface area contributed by atoms with Gasteiger partial charge in [0, 0.05) is 6.54 Å². The van der Waals surface area contributed by atoms with Crippen LogP contribution in [0, 0.1) is 5.92 Å². The van der Waals surface area contributed by atoms with Gasteiger partial charge in [0.15, 0.2) is 5.96 Å². The van der Waals surface area contributed by atoms with E-state index in [4.69, 9.17) is 11.5 Å². The normalized spacial score (nSPS) is 22.1. The van der Waals surface area contributed by atoms with Crippen LogP contribution in [0.3, 0.4) is 0 Å². The second-order valence-corrected chi connectivity index (χ2v) is 5.24. The molecule has 0 bridgehead atoms. The van der Waals surface area contributed by atoms with Gasteiger partial charge in [0.2, 0.25) is 0 Å². The van der Waals surface area contributed by atoms with Crippen LogP contribution in [-0.4, -0.2) is 37.0 Å². The molecule has 0 aromatic rings. The van der Waals surface area contributed by atoms with Crippen molar-refractivity contribution >= 4 is 5.96 Å². The topological polar surface area (TPSA) is 67.6 Å². The van der Waals surface area contributed by atoms with Gasteiger partial charge in [-0.3, -0.25) is 4.99 Å². The summed E-state index contributed by atoms with van der Waals surface area (Å²) in [6.07, 6.45) is 7.74. The molecular weight excluding hydrogens is 212 g/mol. The van der Waals surface area contributed by atoms with Crippen molar-refractivity contribution in [3.05, 3.63) is 0 Å². The van der Waals surface area contributed by atoms with Crippen molar-refractivity contribution in [2.45, 2.75) is 45.4 Å². The zero-order valence-electron chi connectivity index (χ0n) is 11.2. The molecule has 0 aromatic carbocycles. The van der Waals surface area contributed by atoms with Crippen LogP contribution in [0.2, 0.25) is 0 Å². The minimum absolute atomic E-state index is 0.214. The van der Waals surface area contributed by atoms with Crippen molar-refractivity contribution in [3.8, 4) is 0 Å². The molecule has 0 radical (unpaired) electrons. The van der Waals surface area contributed by atoms with Crippen LogP contribution < -0.4 is 11.5 Å². The SMILES string of the molecule is C[C@H]1CCCN(CCCCCN=C(N)N)CC1. The molecular formula is C13H28N4. The van der Waals surface area contributed by atoms with E-state index < -0.39 is 0 Å². The third-order valence-corrected chi connectivity index (χ3v) is 3.54. The predicted octanol–water partition coefficient (Wildman–Crippen LogP) is 1.55. The molecule has 4 N–H and O–H groups in total. The van der Waals surface area contributed by atoms with Gasteiger partial charge in [0.25, 0.3) is 0 Å². The molecule has 0 amide bonds. The van der Waals surface area contributed by atoms with E-state index in [0.29, 0.717) is 0 Å². The molecule has 4 nitrogen and oxygen atoms in total. The fourth-order valence-electron chi connectivity index (χ4n) is 2.38. The molecule has 1 aliphatic heterocycles. The second kappa shape index (κ2) is 8.34. The van der Waals surface area contributed by atoms with Gasteiger partial charge in [-0.15, -0.1) is 0 Å². The number of nitrogens with two attached hydrogens (primary N) is 2. The lowest BCUT2D eigenvalue weighted by Crippen LogP contribution is -2.26. The summed E-state index contributed by atoms with van der Waals surface area (Å²) in [6, 6.07) is 0. The number of hydrogen-bond donors (Lipinski definition) is 2. The minimum atomic E-state index is 0.214. The zero-order valence-corrected chi connectivity index (χ0v) is 11.2. The Hall–Kier alpha value is -0.770. The molecule has 1 saturated heterocycles. The van der Waals surface area contributed by atoms with Gasteiger partial charge in [-0.1, -0.05) is 13.3 Å². The Bertz CT molecular complexity index is 223. The summed E-state index contributed by atoms with van der Waals surface area (Å²) in [4.78, 5) is 6.61. The van der Waals surface area contributed by atoms with Crippen LogP contribution in [0.1, 0.15) is 45.4 Å². The highest BCUT2D eigenvalue weighted by Gasteiger charge is 2.12. The highest BCUT2D eigenvalue weighted by atomic mass is 15.1. The highest BCUT2D eigenvalue weighted by molar-refractivity contribution is 5.75. The van der Waals surface area contributed by atoms with Gasteiger partial charge < -0.3 is 16.4 Å². The summed E-state index contributed by atoms with van der Waals surface area (Å²) in [5.74, 6) is 1.13. The molecule has 0 spiro atoms. The first-order valence-corrected chi connectivity index (χ1v) is 6.96. The molecule has 4 heteroatoms. The van der Waals surface area contributed by atoms with Gasteiger partial charge in [-0.25, -0.2) is 0 Å². The third-order valence-electron chi connectivity index (χ3n) is 3.54. The number of unbranched alkanes of at least 4 members (excludes halogenated alkanes) is 2. The number of guanidine groups is 1. The van der Waals surface area contributed by atoms with Gasteiger partial charge in [0.05, 0.1) is 0 Å². The van der Waals surface area contributed by atoms with Crippen LogP contribution in [0.5, 0.6) is 0 Å². The Labute approximate surface area is 105 Å². The first kappa shape index (κ1) is 14.3. The zero-order chi connectivity index (χ0) is 12.5. The summed E-state index contributed by atoms with van der Waals surface area (Å²) in [5.41, 5.74) is 10.5. The van der Waals surface area contributed by atoms with Crippen LogP contribution in [-0.2, 0) is 0 Å². The van der Waals surface area contributed by atoms with Gasteiger partial charge in [-0.05, 0) is 57.7 Å². The van der Waals surface area contributed by atoms with E-state index in [1.165, 1.54) is 51.7 Å². The Morgan fingerprint density at radius 3 is 2.76 bits per heavy atom. The van der Waals surface area contributed by atoms with E-state index in [2.05, 4.69) is 16.8 Å². The van der Waals surface area contributed by atoms with Crippen molar-refractivity contribution in [2.24, 2.45) is 22.4 Å². The van der Waals surface area contributed by atoms with E-state index in [1.807, 2.05) is 0 Å². The average Bonchev–Trinajstić information content (AvgIpc) is 2.48. The van der Waals surface area contributed by atoms with Crippen LogP contribution in [0.4, 0.5) is 0 Å². The standard InChI is InChI=1S/C13H28N4/c1-12-6-5-10-17(11-7-12)9-4-2-3-8-16-13(14)15/h12H,2-11H2,1H3,(H4,14,15,16)/t12-/m0/s1. The molecule has 1 heterocycles. The minimum Gasteiger partial charge on any atom is -0.370 e. The summed E-state index contributed by atoms with van der Waals surface area (Å²) >= 11 is 0. The number of rotatable bonds is 6. The quantitative estimate of drug-likeness (QED) is 0.420. The number of likely N-dealkylation sites (tertiary alicyclic amines) is 1. The third kappa shape index (κ3) is 7.21. The van der Waals surface area contributed by atoms with Crippen LogP contribution in [0.25, 0.3) is 0 Å². The van der Waals surface area contributed by atoms with Crippen molar-refractivity contribution in [1.82, 2.24) is 4.90 Å². The van der Waals surface area contributed by atoms with E-state index >= 15 is 0 Å². The first-order chi connectivity index (χ1) is 8.18. The number of aliphatic imine (C=N–C) groups is 1. The van der Waals surface area contributed by atoms with E-state index in [-0.39, 0.29) is 5.96 Å². The molecule has 1 atom stereocenters. The van der Waals surface area contributed by atoms with Gasteiger partial charge in [0.1, 0.15) is 0 Å². The van der Waals surface area contributed by atoms with Crippen molar-refractivity contribution in [2.75, 3.05) is 26.2 Å². The molecule has 100 valence electrons. The lowest BCUT2D eigenvalue weighted by Gasteiger charge is -2.19. The van der Waals surface area contributed by atoms with E-state index in [0.717, 1.165) is 18.9 Å². The summed E-state index contributed by atoms with van der Waals surface area (Å²) in [6.45, 7) is 6.97. The lowest BCUT2D eigenvalue weighted by molar-refractivity contribution is 0.275. The first-order valence-electron chi connectivity index (χ1n) is 6.96. The maximum absolute atomic E-state index is 5.27. The Kier molecular flexibility index (Phi) is 7.01. The Morgan fingerprint density at radius 2 is 2.00 bits per heavy atom. The lowest BCUT2D eigenvalue weighted by atomic mass is 10.0. The Balaban J connectivity index is 2.00. The number of nitrogens with zero attached hydrogens (tertiary/aromatic N) is 2. The molecule has 1 aliphatic rings. The highest BCUT2D eigenvalue weighted by Crippen LogP contribution is 2.16. The average molecular weight is 240 g/mol.